The molecule has 0 saturated heterocycles. The first-order valence-electron chi connectivity index (χ1n) is 10.6. The van der Waals surface area contributed by atoms with Gasteiger partial charge >= 0.3 is 5.97 Å². The van der Waals surface area contributed by atoms with Crippen molar-refractivity contribution in [2.24, 2.45) is 5.92 Å². The molecule has 2 aromatic rings. The van der Waals surface area contributed by atoms with Crippen LogP contribution in [0.4, 0.5) is 5.69 Å². The molecule has 29 heavy (non-hydrogen) atoms. The summed E-state index contributed by atoms with van der Waals surface area (Å²) in [7, 11) is 0. The number of hydrogen-bond donors (Lipinski definition) is 1. The van der Waals surface area contributed by atoms with E-state index in [1.165, 1.54) is 30.4 Å². The number of ether oxygens (including phenoxy) is 1. The monoisotopic (exact) mass is 413 g/mol. The van der Waals surface area contributed by atoms with Crippen LogP contribution in [-0.2, 0) is 24.2 Å². The molecule has 0 radical (unpaired) electrons. The van der Waals surface area contributed by atoms with Gasteiger partial charge in [-0.3, -0.25) is 4.79 Å². The first-order chi connectivity index (χ1) is 14.1. The Bertz CT molecular complexity index is 878. The summed E-state index contributed by atoms with van der Waals surface area (Å²) in [6.07, 6.45) is 7.09. The minimum absolute atomic E-state index is 0.0336. The first-order valence-corrected chi connectivity index (χ1v) is 11.0. The van der Waals surface area contributed by atoms with E-state index in [2.05, 4.69) is 17.0 Å². The van der Waals surface area contributed by atoms with E-state index in [0.29, 0.717) is 6.61 Å². The van der Waals surface area contributed by atoms with Gasteiger partial charge in [0.05, 0.1) is 12.1 Å². The Hall–Kier alpha value is -2.20. The smallest absolute Gasteiger partial charge is 0.307 e. The molecule has 2 aromatic carbocycles. The number of nitrogens with zero attached hydrogens (tertiary/aromatic N) is 1. The van der Waals surface area contributed by atoms with Gasteiger partial charge in [0.15, 0.2) is 0 Å². The van der Waals surface area contributed by atoms with Crippen LogP contribution in [0.3, 0.4) is 0 Å². The van der Waals surface area contributed by atoms with Crippen molar-refractivity contribution in [3.63, 3.8) is 0 Å². The van der Waals surface area contributed by atoms with Crippen molar-refractivity contribution in [2.75, 3.05) is 18.0 Å². The van der Waals surface area contributed by atoms with Crippen LogP contribution in [0.15, 0.2) is 36.4 Å². The standard InChI is InChI=1S/C24H28ClNO3/c25-21-9-8-20-16-29-23-10-7-18(13-24(27)28)12-22(23)26(15-17-4-3-5-17)11-2-1-6-19(20)14-21/h7-10,12,14,17H,1-6,11,13,15-16H2,(H,27,28). The SMILES string of the molecule is O=C(O)Cc1ccc2c(c1)N(CC1CCC1)CCCCc1cc(Cl)ccc1CO2. The molecule has 0 bridgehead atoms. The fraction of sp³-hybridized carbons (Fsp3) is 0.458. The van der Waals surface area contributed by atoms with Gasteiger partial charge in [-0.1, -0.05) is 30.2 Å². The second-order valence-electron chi connectivity index (χ2n) is 8.27. The summed E-state index contributed by atoms with van der Waals surface area (Å²) in [5.41, 5.74) is 4.28. The summed E-state index contributed by atoms with van der Waals surface area (Å²) < 4.78 is 6.28. The zero-order valence-electron chi connectivity index (χ0n) is 16.7. The highest BCUT2D eigenvalue weighted by atomic mass is 35.5. The van der Waals surface area contributed by atoms with Gasteiger partial charge in [0.1, 0.15) is 12.4 Å². The number of hydrogen-bond acceptors (Lipinski definition) is 3. The fourth-order valence-corrected chi connectivity index (χ4v) is 4.45. The molecule has 1 fully saturated rings. The van der Waals surface area contributed by atoms with Gasteiger partial charge in [-0.2, -0.15) is 0 Å². The van der Waals surface area contributed by atoms with Crippen molar-refractivity contribution in [1.29, 1.82) is 0 Å². The number of rotatable bonds is 4. The number of aryl methyl sites for hydroxylation is 1. The molecule has 1 saturated carbocycles. The largest absolute Gasteiger partial charge is 0.487 e. The Morgan fingerprint density at radius 2 is 1.97 bits per heavy atom. The zero-order valence-corrected chi connectivity index (χ0v) is 17.5. The summed E-state index contributed by atoms with van der Waals surface area (Å²) in [5, 5.41) is 9.99. The predicted molar refractivity (Wildman–Crippen MR) is 116 cm³/mol. The minimum Gasteiger partial charge on any atom is -0.487 e. The molecule has 0 unspecified atom stereocenters. The third-order valence-electron chi connectivity index (χ3n) is 6.10. The van der Waals surface area contributed by atoms with Crippen LogP contribution < -0.4 is 9.64 Å². The summed E-state index contributed by atoms with van der Waals surface area (Å²) >= 11 is 6.22. The molecule has 1 N–H and O–H groups in total. The number of aliphatic carboxylic acids is 1. The molecule has 0 spiro atoms. The number of anilines is 1. The van der Waals surface area contributed by atoms with Gasteiger partial charge in [-0.25, -0.2) is 0 Å². The lowest BCUT2D eigenvalue weighted by molar-refractivity contribution is -0.136. The molecule has 154 valence electrons. The van der Waals surface area contributed by atoms with Gasteiger partial charge in [0.25, 0.3) is 0 Å². The Balaban J connectivity index is 1.66. The molecule has 4 rings (SSSR count). The van der Waals surface area contributed by atoms with Crippen molar-refractivity contribution in [3.8, 4) is 5.75 Å². The van der Waals surface area contributed by atoms with Gasteiger partial charge in [-0.05, 0) is 79.0 Å². The van der Waals surface area contributed by atoms with E-state index in [1.807, 2.05) is 24.3 Å². The van der Waals surface area contributed by atoms with Crippen molar-refractivity contribution in [1.82, 2.24) is 0 Å². The average molecular weight is 414 g/mol. The Kier molecular flexibility index (Phi) is 6.29. The van der Waals surface area contributed by atoms with E-state index < -0.39 is 5.97 Å². The van der Waals surface area contributed by atoms with Gasteiger partial charge in [0, 0.05) is 18.1 Å². The highest BCUT2D eigenvalue weighted by Gasteiger charge is 2.23. The number of carboxylic acid groups (broad SMARTS) is 1. The predicted octanol–water partition coefficient (Wildman–Crippen LogP) is 5.49. The van der Waals surface area contributed by atoms with E-state index in [0.717, 1.165) is 60.3 Å². The van der Waals surface area contributed by atoms with Crippen LogP contribution in [0.5, 0.6) is 5.75 Å². The summed E-state index contributed by atoms with van der Waals surface area (Å²) in [6.45, 7) is 2.47. The molecular weight excluding hydrogens is 386 g/mol. The van der Waals surface area contributed by atoms with Crippen LogP contribution >= 0.6 is 11.6 Å². The van der Waals surface area contributed by atoms with Crippen LogP contribution in [0, 0.1) is 5.92 Å². The van der Waals surface area contributed by atoms with Gasteiger partial charge in [0.2, 0.25) is 0 Å². The van der Waals surface area contributed by atoms with Gasteiger partial charge in [-0.15, -0.1) is 0 Å². The van der Waals surface area contributed by atoms with Crippen molar-refractivity contribution in [3.05, 3.63) is 58.1 Å². The normalized spacial score (nSPS) is 17.3. The number of carboxylic acids is 1. The summed E-state index contributed by atoms with van der Waals surface area (Å²) in [6, 6.07) is 11.9. The summed E-state index contributed by atoms with van der Waals surface area (Å²) in [5.74, 6) is 0.757. The number of halogens is 1. The maximum absolute atomic E-state index is 11.2. The van der Waals surface area contributed by atoms with Crippen LogP contribution in [-0.4, -0.2) is 24.2 Å². The molecule has 0 aromatic heterocycles. The molecular formula is C24H28ClNO3. The minimum atomic E-state index is -0.807. The third kappa shape index (κ3) is 5.05. The Morgan fingerprint density at radius 3 is 2.72 bits per heavy atom. The third-order valence-corrected chi connectivity index (χ3v) is 6.33. The Labute approximate surface area is 177 Å². The molecule has 2 aliphatic rings. The van der Waals surface area contributed by atoms with Crippen LogP contribution in [0.2, 0.25) is 5.02 Å². The molecule has 1 aliphatic heterocycles. The topological polar surface area (TPSA) is 49.8 Å². The number of carbonyl (C=O) groups is 1. The second kappa shape index (κ2) is 9.08. The van der Waals surface area contributed by atoms with Crippen molar-refractivity contribution >= 4 is 23.3 Å². The van der Waals surface area contributed by atoms with Crippen LogP contribution in [0.25, 0.3) is 0 Å². The lowest BCUT2D eigenvalue weighted by atomic mass is 9.85. The molecule has 5 heteroatoms. The molecule has 1 heterocycles. The maximum atomic E-state index is 11.2. The van der Waals surface area contributed by atoms with E-state index >= 15 is 0 Å². The highest BCUT2D eigenvalue weighted by Crippen LogP contribution is 2.35. The van der Waals surface area contributed by atoms with Crippen molar-refractivity contribution < 1.29 is 14.6 Å². The molecule has 4 nitrogen and oxygen atoms in total. The molecule has 0 atom stereocenters. The fourth-order valence-electron chi connectivity index (χ4n) is 4.26. The Morgan fingerprint density at radius 1 is 1.10 bits per heavy atom. The van der Waals surface area contributed by atoms with E-state index in [9.17, 15) is 9.90 Å². The van der Waals surface area contributed by atoms with Crippen LogP contribution in [0.1, 0.15) is 48.8 Å². The highest BCUT2D eigenvalue weighted by molar-refractivity contribution is 6.30. The van der Waals surface area contributed by atoms with E-state index in [1.54, 1.807) is 0 Å². The molecule has 1 aliphatic carbocycles. The van der Waals surface area contributed by atoms with E-state index in [-0.39, 0.29) is 6.42 Å². The second-order valence-corrected chi connectivity index (χ2v) is 8.71. The van der Waals surface area contributed by atoms with Crippen molar-refractivity contribution in [2.45, 2.75) is 51.6 Å². The maximum Gasteiger partial charge on any atom is 0.307 e. The lowest BCUT2D eigenvalue weighted by Gasteiger charge is -2.35. The number of fused-ring (bicyclic) bond motifs is 2. The van der Waals surface area contributed by atoms with E-state index in [4.69, 9.17) is 16.3 Å². The first kappa shape index (κ1) is 20.1. The average Bonchev–Trinajstić information content (AvgIpc) is 2.68. The quantitative estimate of drug-likeness (QED) is 0.720. The summed E-state index contributed by atoms with van der Waals surface area (Å²) in [4.78, 5) is 13.7. The lowest BCUT2D eigenvalue weighted by Crippen LogP contribution is -2.33. The molecule has 0 amide bonds. The van der Waals surface area contributed by atoms with Gasteiger partial charge < -0.3 is 14.7 Å². The number of benzene rings is 2. The zero-order chi connectivity index (χ0) is 20.2.